The normalized spacial score (nSPS) is 18.2. The molecule has 8 nitrogen and oxygen atoms in total. The Morgan fingerprint density at radius 2 is 2.30 bits per heavy atom. The zero-order valence-electron chi connectivity index (χ0n) is 11.0. The number of hydrogen-bond acceptors (Lipinski definition) is 6. The molecule has 1 atom stereocenters. The molecule has 1 aromatic rings. The molecule has 0 spiro atoms. The van der Waals surface area contributed by atoms with E-state index in [1.165, 1.54) is 24.3 Å². The number of anilines is 1. The van der Waals surface area contributed by atoms with Gasteiger partial charge in [0.25, 0.3) is 0 Å². The number of rotatable bonds is 3. The van der Waals surface area contributed by atoms with Crippen molar-refractivity contribution < 1.29 is 19.2 Å². The van der Waals surface area contributed by atoms with Crippen LogP contribution in [0, 0.1) is 23.0 Å². The molecule has 0 radical (unpaired) electrons. The summed E-state index contributed by atoms with van der Waals surface area (Å²) in [5, 5.41) is 11.0. The topological polar surface area (TPSA) is 103 Å². The second kappa shape index (κ2) is 5.24. The molecule has 106 valence electrons. The summed E-state index contributed by atoms with van der Waals surface area (Å²) in [6.07, 6.45) is 1.42. The number of nitro groups is 1. The molecule has 8 heteroatoms. The van der Waals surface area contributed by atoms with Crippen LogP contribution in [-0.4, -0.2) is 35.4 Å². The quantitative estimate of drug-likeness (QED) is 0.461. The predicted molar refractivity (Wildman–Crippen MR) is 68.1 cm³/mol. The van der Waals surface area contributed by atoms with E-state index >= 15 is 0 Å². The van der Waals surface area contributed by atoms with Crippen molar-refractivity contribution in [3.05, 3.63) is 27.9 Å². The minimum absolute atomic E-state index is 0.0284. The predicted octanol–water partition coefficient (Wildman–Crippen LogP) is 0.824. The molecule has 0 N–H and O–H groups in total. The molecule has 1 unspecified atom stereocenters. The van der Waals surface area contributed by atoms with Crippen LogP contribution in [-0.2, 0) is 14.3 Å². The highest BCUT2D eigenvalue weighted by atomic mass is 16.6. The second-order valence-corrected chi connectivity index (χ2v) is 4.54. The molecule has 1 fully saturated rings. The third kappa shape index (κ3) is 2.44. The van der Waals surface area contributed by atoms with Gasteiger partial charge in [0, 0.05) is 25.2 Å². The van der Waals surface area contributed by atoms with Crippen molar-refractivity contribution in [1.29, 1.82) is 0 Å². The Labute approximate surface area is 114 Å². The maximum atomic E-state index is 11.9. The number of aromatic nitrogens is 1. The van der Waals surface area contributed by atoms with Crippen LogP contribution in [0.4, 0.5) is 11.5 Å². The van der Waals surface area contributed by atoms with Gasteiger partial charge in [0.1, 0.15) is 0 Å². The molecular weight excluding hydrogens is 266 g/mol. The van der Waals surface area contributed by atoms with Gasteiger partial charge >= 0.3 is 11.7 Å². The van der Waals surface area contributed by atoms with Crippen molar-refractivity contribution in [2.24, 2.45) is 5.92 Å². The van der Waals surface area contributed by atoms with Gasteiger partial charge < -0.3 is 4.74 Å². The summed E-state index contributed by atoms with van der Waals surface area (Å²) in [7, 11) is 1.24. The minimum atomic E-state index is -0.616. The number of carbonyl (C=O) groups is 2. The smallest absolute Gasteiger partial charge is 0.312 e. The average Bonchev–Trinajstić information content (AvgIpc) is 2.79. The third-order valence-electron chi connectivity index (χ3n) is 3.10. The Morgan fingerprint density at radius 3 is 2.90 bits per heavy atom. The lowest BCUT2D eigenvalue weighted by atomic mass is 10.1. The number of esters is 1. The van der Waals surface area contributed by atoms with E-state index in [0.717, 1.165) is 0 Å². The molecule has 2 rings (SSSR count). The van der Waals surface area contributed by atoms with Crippen molar-refractivity contribution in [2.75, 3.05) is 18.6 Å². The van der Waals surface area contributed by atoms with Gasteiger partial charge in [-0.1, -0.05) is 0 Å². The molecule has 0 bridgehead atoms. The van der Waals surface area contributed by atoms with Gasteiger partial charge in [-0.05, 0) is 12.5 Å². The van der Waals surface area contributed by atoms with Crippen LogP contribution in [0.1, 0.15) is 12.0 Å². The summed E-state index contributed by atoms with van der Waals surface area (Å²) < 4.78 is 4.59. The highest BCUT2D eigenvalue weighted by Gasteiger charge is 2.39. The van der Waals surface area contributed by atoms with Crippen molar-refractivity contribution in [1.82, 2.24) is 4.98 Å². The fraction of sp³-hybridized carbons (Fsp3) is 0.417. The molecule has 20 heavy (non-hydrogen) atoms. The molecule has 0 aliphatic carbocycles. The van der Waals surface area contributed by atoms with Crippen molar-refractivity contribution in [2.45, 2.75) is 13.3 Å². The molecule has 0 aromatic carbocycles. The molecule has 1 amide bonds. The van der Waals surface area contributed by atoms with Crippen LogP contribution in [0.5, 0.6) is 0 Å². The summed E-state index contributed by atoms with van der Waals surface area (Å²) in [5.41, 5.74) is 0.375. The van der Waals surface area contributed by atoms with Gasteiger partial charge in [-0.25, -0.2) is 4.98 Å². The highest BCUT2D eigenvalue weighted by Crippen LogP contribution is 2.31. The fourth-order valence-corrected chi connectivity index (χ4v) is 2.13. The monoisotopic (exact) mass is 279 g/mol. The van der Waals surface area contributed by atoms with E-state index in [9.17, 15) is 19.7 Å². The first kappa shape index (κ1) is 13.9. The van der Waals surface area contributed by atoms with Gasteiger partial charge in [0.2, 0.25) is 11.7 Å². The Hall–Kier alpha value is -2.51. The van der Waals surface area contributed by atoms with Crippen molar-refractivity contribution >= 4 is 23.4 Å². The second-order valence-electron chi connectivity index (χ2n) is 4.54. The zero-order valence-corrected chi connectivity index (χ0v) is 11.0. The van der Waals surface area contributed by atoms with Crippen LogP contribution in [0.25, 0.3) is 0 Å². The summed E-state index contributed by atoms with van der Waals surface area (Å²) in [6.45, 7) is 1.72. The van der Waals surface area contributed by atoms with E-state index in [1.807, 2.05) is 0 Å². The highest BCUT2D eigenvalue weighted by molar-refractivity contribution is 6.00. The van der Waals surface area contributed by atoms with E-state index in [0.29, 0.717) is 5.56 Å². The maximum absolute atomic E-state index is 11.9. The number of amides is 1. The maximum Gasteiger partial charge on any atom is 0.312 e. The van der Waals surface area contributed by atoms with Crippen LogP contribution in [0.2, 0.25) is 0 Å². The number of nitrogens with zero attached hydrogens (tertiary/aromatic N) is 3. The summed E-state index contributed by atoms with van der Waals surface area (Å²) in [4.78, 5) is 39.0. The molecular formula is C12H13N3O5. The lowest BCUT2D eigenvalue weighted by molar-refractivity contribution is -0.384. The number of ether oxygens (including phenoxy) is 1. The Morgan fingerprint density at radius 1 is 1.60 bits per heavy atom. The lowest BCUT2D eigenvalue weighted by Gasteiger charge is -2.15. The number of pyridine rings is 1. The third-order valence-corrected chi connectivity index (χ3v) is 3.10. The van der Waals surface area contributed by atoms with Gasteiger partial charge in [-0.15, -0.1) is 0 Å². The standard InChI is InChI=1S/C12H13N3O5/c1-7-3-9(15(18)19)11(13-5-7)14-6-8(4-10(14)16)12(17)20-2/h3,5,8H,4,6H2,1-2H3. The first-order valence-electron chi connectivity index (χ1n) is 5.93. The molecule has 0 saturated carbocycles. The van der Waals surface area contributed by atoms with Crippen LogP contribution >= 0.6 is 0 Å². The van der Waals surface area contributed by atoms with Gasteiger partial charge in [0.05, 0.1) is 18.0 Å². The molecule has 2 heterocycles. The van der Waals surface area contributed by atoms with E-state index in [4.69, 9.17) is 0 Å². The molecule has 1 aromatic heterocycles. The first-order chi connectivity index (χ1) is 9.43. The minimum Gasteiger partial charge on any atom is -0.469 e. The molecule has 1 aliphatic heterocycles. The number of methoxy groups -OCH3 is 1. The molecule has 1 aliphatic rings. The van der Waals surface area contributed by atoms with E-state index in [2.05, 4.69) is 9.72 Å². The van der Waals surface area contributed by atoms with E-state index in [1.54, 1.807) is 6.92 Å². The number of carbonyl (C=O) groups excluding carboxylic acids is 2. The lowest BCUT2D eigenvalue weighted by Crippen LogP contribution is -2.27. The number of hydrogen-bond donors (Lipinski definition) is 0. The summed E-state index contributed by atoms with van der Waals surface area (Å²) >= 11 is 0. The Balaban J connectivity index is 2.35. The number of aryl methyl sites for hydroxylation is 1. The van der Waals surface area contributed by atoms with Gasteiger partial charge in [-0.2, -0.15) is 0 Å². The van der Waals surface area contributed by atoms with E-state index < -0.39 is 16.8 Å². The first-order valence-corrected chi connectivity index (χ1v) is 5.93. The Kier molecular flexibility index (Phi) is 3.64. The molecule has 1 saturated heterocycles. The van der Waals surface area contributed by atoms with Crippen molar-refractivity contribution in [3.63, 3.8) is 0 Å². The van der Waals surface area contributed by atoms with E-state index in [-0.39, 0.29) is 30.4 Å². The summed E-state index contributed by atoms with van der Waals surface area (Å²) in [6, 6.07) is 1.35. The van der Waals surface area contributed by atoms with Crippen molar-refractivity contribution in [3.8, 4) is 0 Å². The van der Waals surface area contributed by atoms with Crippen LogP contribution in [0.3, 0.4) is 0 Å². The van der Waals surface area contributed by atoms with Gasteiger partial charge in [0.15, 0.2) is 0 Å². The van der Waals surface area contributed by atoms with Crippen LogP contribution in [0.15, 0.2) is 12.3 Å². The Bertz CT molecular complexity index is 586. The summed E-state index contributed by atoms with van der Waals surface area (Å²) in [5.74, 6) is -1.53. The zero-order chi connectivity index (χ0) is 14.9. The average molecular weight is 279 g/mol. The van der Waals surface area contributed by atoms with Gasteiger partial charge in [-0.3, -0.25) is 24.6 Å². The van der Waals surface area contributed by atoms with Crippen LogP contribution < -0.4 is 4.90 Å². The largest absolute Gasteiger partial charge is 0.469 e. The fourth-order valence-electron chi connectivity index (χ4n) is 2.13. The SMILES string of the molecule is COC(=O)C1CC(=O)N(c2ncc(C)cc2[N+](=O)[O-])C1.